The molecule has 0 saturated heterocycles. The van der Waals surface area contributed by atoms with Gasteiger partial charge in [0.2, 0.25) is 0 Å². The number of carbonyl (C=O) groups is 1. The van der Waals surface area contributed by atoms with Crippen molar-refractivity contribution in [3.8, 4) is 11.5 Å². The molecule has 0 saturated carbocycles. The number of benzene rings is 2. The van der Waals surface area contributed by atoms with Gasteiger partial charge in [-0.15, -0.1) is 0 Å². The van der Waals surface area contributed by atoms with Gasteiger partial charge in [0.1, 0.15) is 0 Å². The minimum atomic E-state index is -0.104. The zero-order chi connectivity index (χ0) is 17.4. The molecule has 0 aliphatic rings. The smallest absolute Gasteiger partial charge is 0.251 e. The van der Waals surface area contributed by atoms with Gasteiger partial charge < -0.3 is 14.8 Å². The lowest BCUT2D eigenvalue weighted by atomic mass is 10.1. The van der Waals surface area contributed by atoms with Crippen LogP contribution in [-0.2, 0) is 6.42 Å². The highest BCUT2D eigenvalue weighted by Crippen LogP contribution is 2.28. The SMILES string of the molecule is CCOc1ccc(C(=O)NCCc2ccccc2C)cc1OCC. The third-order valence-electron chi connectivity index (χ3n) is 3.75. The average molecular weight is 327 g/mol. The first-order valence-corrected chi connectivity index (χ1v) is 8.38. The number of ether oxygens (including phenoxy) is 2. The summed E-state index contributed by atoms with van der Waals surface area (Å²) >= 11 is 0. The summed E-state index contributed by atoms with van der Waals surface area (Å²) < 4.78 is 11.1. The molecule has 0 spiro atoms. The highest BCUT2D eigenvalue weighted by Gasteiger charge is 2.11. The van der Waals surface area contributed by atoms with Crippen molar-refractivity contribution in [2.75, 3.05) is 19.8 Å². The van der Waals surface area contributed by atoms with Gasteiger partial charge in [0, 0.05) is 12.1 Å². The van der Waals surface area contributed by atoms with Gasteiger partial charge in [0.25, 0.3) is 5.91 Å². The Labute approximate surface area is 143 Å². The molecule has 0 aliphatic heterocycles. The molecular weight excluding hydrogens is 302 g/mol. The molecule has 0 radical (unpaired) electrons. The number of rotatable bonds is 8. The van der Waals surface area contributed by atoms with Crippen LogP contribution in [0.25, 0.3) is 0 Å². The van der Waals surface area contributed by atoms with Gasteiger partial charge in [-0.05, 0) is 56.5 Å². The Hall–Kier alpha value is -2.49. The van der Waals surface area contributed by atoms with E-state index in [9.17, 15) is 4.79 Å². The molecule has 24 heavy (non-hydrogen) atoms. The van der Waals surface area contributed by atoms with Gasteiger partial charge in [0.05, 0.1) is 13.2 Å². The van der Waals surface area contributed by atoms with Crippen molar-refractivity contribution < 1.29 is 14.3 Å². The van der Waals surface area contributed by atoms with Gasteiger partial charge in [-0.2, -0.15) is 0 Å². The molecule has 0 bridgehead atoms. The maximum Gasteiger partial charge on any atom is 0.251 e. The summed E-state index contributed by atoms with van der Waals surface area (Å²) in [5.74, 6) is 1.16. The van der Waals surface area contributed by atoms with E-state index in [1.54, 1.807) is 18.2 Å². The minimum absolute atomic E-state index is 0.104. The van der Waals surface area contributed by atoms with Gasteiger partial charge >= 0.3 is 0 Å². The van der Waals surface area contributed by atoms with E-state index in [0.717, 1.165) is 6.42 Å². The predicted molar refractivity (Wildman–Crippen MR) is 96.0 cm³/mol. The number of hydrogen-bond donors (Lipinski definition) is 1. The fourth-order valence-corrected chi connectivity index (χ4v) is 2.50. The molecule has 0 unspecified atom stereocenters. The van der Waals surface area contributed by atoms with Gasteiger partial charge in [-0.3, -0.25) is 4.79 Å². The summed E-state index contributed by atoms with van der Waals surface area (Å²) in [4.78, 5) is 12.3. The van der Waals surface area contributed by atoms with Crippen molar-refractivity contribution in [1.82, 2.24) is 5.32 Å². The number of amides is 1. The molecular formula is C20H25NO3. The van der Waals surface area contributed by atoms with Crippen LogP contribution in [-0.4, -0.2) is 25.7 Å². The lowest BCUT2D eigenvalue weighted by molar-refractivity contribution is 0.0953. The van der Waals surface area contributed by atoms with E-state index in [4.69, 9.17) is 9.47 Å². The van der Waals surface area contributed by atoms with Crippen molar-refractivity contribution >= 4 is 5.91 Å². The Morgan fingerprint density at radius 3 is 2.42 bits per heavy atom. The molecule has 0 aromatic heterocycles. The largest absolute Gasteiger partial charge is 0.490 e. The van der Waals surface area contributed by atoms with E-state index in [-0.39, 0.29) is 5.91 Å². The molecule has 1 N–H and O–H groups in total. The molecule has 4 heteroatoms. The van der Waals surface area contributed by atoms with Gasteiger partial charge in [-0.25, -0.2) is 0 Å². The monoisotopic (exact) mass is 327 g/mol. The quantitative estimate of drug-likeness (QED) is 0.803. The van der Waals surface area contributed by atoms with E-state index in [2.05, 4.69) is 24.4 Å². The number of nitrogens with one attached hydrogen (secondary N) is 1. The Balaban J connectivity index is 1.99. The third-order valence-corrected chi connectivity index (χ3v) is 3.75. The number of aryl methyl sites for hydroxylation is 1. The van der Waals surface area contributed by atoms with Crippen LogP contribution in [0.15, 0.2) is 42.5 Å². The summed E-state index contributed by atoms with van der Waals surface area (Å²) in [6, 6.07) is 13.5. The minimum Gasteiger partial charge on any atom is -0.490 e. The molecule has 2 rings (SSSR count). The molecule has 0 aliphatic carbocycles. The van der Waals surface area contributed by atoms with Crippen LogP contribution < -0.4 is 14.8 Å². The third kappa shape index (κ3) is 4.75. The lowest BCUT2D eigenvalue weighted by Crippen LogP contribution is -2.25. The van der Waals surface area contributed by atoms with Crippen LogP contribution in [0.1, 0.15) is 35.3 Å². The number of hydrogen-bond acceptors (Lipinski definition) is 3. The van der Waals surface area contributed by atoms with Gasteiger partial charge in [-0.1, -0.05) is 24.3 Å². The Morgan fingerprint density at radius 2 is 1.71 bits per heavy atom. The van der Waals surface area contributed by atoms with E-state index in [1.165, 1.54) is 11.1 Å². The van der Waals surface area contributed by atoms with E-state index in [1.807, 2.05) is 26.0 Å². The molecule has 4 nitrogen and oxygen atoms in total. The van der Waals surface area contributed by atoms with E-state index < -0.39 is 0 Å². The Kier molecular flexibility index (Phi) is 6.67. The van der Waals surface area contributed by atoms with Crippen molar-refractivity contribution in [2.24, 2.45) is 0 Å². The van der Waals surface area contributed by atoms with Crippen LogP contribution in [0.3, 0.4) is 0 Å². The first-order chi connectivity index (χ1) is 11.7. The highest BCUT2D eigenvalue weighted by atomic mass is 16.5. The van der Waals surface area contributed by atoms with Crippen LogP contribution in [0.5, 0.6) is 11.5 Å². The second-order valence-electron chi connectivity index (χ2n) is 5.46. The van der Waals surface area contributed by atoms with E-state index >= 15 is 0 Å². The highest BCUT2D eigenvalue weighted by molar-refractivity contribution is 5.94. The predicted octanol–water partition coefficient (Wildman–Crippen LogP) is 3.76. The van der Waals surface area contributed by atoms with Crippen molar-refractivity contribution in [1.29, 1.82) is 0 Å². The summed E-state index contributed by atoms with van der Waals surface area (Å²) in [6.45, 7) is 7.59. The molecule has 0 fully saturated rings. The fourth-order valence-electron chi connectivity index (χ4n) is 2.50. The van der Waals surface area contributed by atoms with E-state index in [0.29, 0.717) is 36.8 Å². The average Bonchev–Trinajstić information content (AvgIpc) is 2.58. The number of carbonyl (C=O) groups excluding carboxylic acids is 1. The van der Waals surface area contributed by atoms with Crippen LogP contribution >= 0.6 is 0 Å². The fraction of sp³-hybridized carbons (Fsp3) is 0.350. The van der Waals surface area contributed by atoms with Crippen molar-refractivity contribution in [2.45, 2.75) is 27.2 Å². The van der Waals surface area contributed by atoms with Crippen LogP contribution in [0, 0.1) is 6.92 Å². The summed E-state index contributed by atoms with van der Waals surface area (Å²) in [5.41, 5.74) is 3.07. The summed E-state index contributed by atoms with van der Waals surface area (Å²) in [5, 5.41) is 2.96. The molecule has 128 valence electrons. The molecule has 0 heterocycles. The summed E-state index contributed by atoms with van der Waals surface area (Å²) in [7, 11) is 0. The first kappa shape index (κ1) is 17.9. The van der Waals surface area contributed by atoms with Crippen molar-refractivity contribution in [3.63, 3.8) is 0 Å². The first-order valence-electron chi connectivity index (χ1n) is 8.38. The molecule has 2 aromatic carbocycles. The Bertz CT molecular complexity index is 682. The van der Waals surface area contributed by atoms with Gasteiger partial charge in [0.15, 0.2) is 11.5 Å². The second kappa shape index (κ2) is 8.96. The zero-order valence-electron chi connectivity index (χ0n) is 14.6. The topological polar surface area (TPSA) is 47.6 Å². The molecule has 0 atom stereocenters. The van der Waals surface area contributed by atoms with Crippen LogP contribution in [0.4, 0.5) is 0 Å². The second-order valence-corrected chi connectivity index (χ2v) is 5.46. The standard InChI is InChI=1S/C20H25NO3/c1-4-23-18-11-10-17(14-19(18)24-5-2)20(22)21-13-12-16-9-7-6-8-15(16)3/h6-11,14H,4-5,12-13H2,1-3H3,(H,21,22). The lowest BCUT2D eigenvalue weighted by Gasteiger charge is -2.12. The van der Waals surface area contributed by atoms with Crippen LogP contribution in [0.2, 0.25) is 0 Å². The Morgan fingerprint density at radius 1 is 1.00 bits per heavy atom. The summed E-state index contributed by atoms with van der Waals surface area (Å²) in [6.07, 6.45) is 0.813. The maximum absolute atomic E-state index is 12.3. The molecule has 2 aromatic rings. The molecule has 1 amide bonds. The zero-order valence-corrected chi connectivity index (χ0v) is 14.6. The van der Waals surface area contributed by atoms with Crippen molar-refractivity contribution in [3.05, 3.63) is 59.2 Å². The maximum atomic E-state index is 12.3. The normalized spacial score (nSPS) is 10.3.